The summed E-state index contributed by atoms with van der Waals surface area (Å²) in [7, 11) is 0. The third-order valence-electron chi connectivity index (χ3n) is 18.9. The Labute approximate surface area is 543 Å². The molecule has 0 saturated heterocycles. The number of fused-ring (bicyclic) bond motifs is 12. The van der Waals surface area contributed by atoms with Gasteiger partial charge in [-0.05, 0) is 167 Å². The molecular weight excluding hydrogens is 1150 g/mol. The summed E-state index contributed by atoms with van der Waals surface area (Å²) in [6, 6.07) is 121. The summed E-state index contributed by atoms with van der Waals surface area (Å²) in [5, 5.41) is 2.48. The zero-order valence-electron chi connectivity index (χ0n) is 49.8. The highest BCUT2D eigenvalue weighted by Gasteiger charge is 2.50. The fourth-order valence-corrected chi connectivity index (χ4v) is 17.8. The molecule has 2 aromatic heterocycles. The second-order valence-corrected chi connectivity index (χ2v) is 26.1. The molecule has 6 nitrogen and oxygen atoms in total. The van der Waals surface area contributed by atoms with Crippen LogP contribution in [0.1, 0.15) is 0 Å². The first-order valence-electron chi connectivity index (χ1n) is 31.5. The van der Waals surface area contributed by atoms with E-state index in [0.29, 0.717) is 0 Å². The van der Waals surface area contributed by atoms with Crippen LogP contribution >= 0.6 is 22.7 Å². The maximum atomic E-state index is 2.63. The van der Waals surface area contributed by atoms with Crippen molar-refractivity contribution in [3.05, 3.63) is 328 Å². The normalized spacial score (nSPS) is 13.1. The van der Waals surface area contributed by atoms with E-state index >= 15 is 0 Å². The Bertz CT molecular complexity index is 4920. The summed E-state index contributed by atoms with van der Waals surface area (Å²) in [5.41, 5.74) is 25.3. The van der Waals surface area contributed by atoms with Gasteiger partial charge in [0.15, 0.2) is 0 Å². The monoisotopic (exact) mass is 1210 g/mol. The average Bonchev–Trinajstić information content (AvgIpc) is 1.16. The number of para-hydroxylation sites is 8. The van der Waals surface area contributed by atoms with Gasteiger partial charge in [-0.1, -0.05) is 182 Å². The van der Waals surface area contributed by atoms with Crippen LogP contribution in [0, 0.1) is 0 Å². The molecule has 4 aliphatic heterocycles. The fraction of sp³-hybridized carbons (Fsp3) is 0. The molecule has 0 unspecified atom stereocenters. The minimum atomic E-state index is -0.170. The van der Waals surface area contributed by atoms with E-state index in [1.807, 2.05) is 22.7 Å². The van der Waals surface area contributed by atoms with Gasteiger partial charge in [-0.2, -0.15) is 0 Å². The van der Waals surface area contributed by atoms with Gasteiger partial charge in [0.05, 0.1) is 22.7 Å². The second-order valence-electron chi connectivity index (χ2n) is 24.0. The van der Waals surface area contributed by atoms with Crippen molar-refractivity contribution >= 4 is 190 Å². The summed E-state index contributed by atoms with van der Waals surface area (Å²) in [4.78, 5) is 15.3. The largest absolute Gasteiger partial charge is 0.311 e. The van der Waals surface area contributed by atoms with E-state index in [-0.39, 0.29) is 13.4 Å². The third-order valence-corrected chi connectivity index (χ3v) is 21.3. The first-order chi connectivity index (χ1) is 45.7. The van der Waals surface area contributed by atoms with Gasteiger partial charge in [0.2, 0.25) is 0 Å². The molecule has 0 radical (unpaired) electrons. The smallest absolute Gasteiger partial charge is 0.264 e. The van der Waals surface area contributed by atoms with Gasteiger partial charge in [0, 0.05) is 109 Å². The predicted molar refractivity (Wildman–Crippen MR) is 395 cm³/mol. The molecule has 0 aliphatic carbocycles. The van der Waals surface area contributed by atoms with Crippen LogP contribution in [-0.2, 0) is 0 Å². The highest BCUT2D eigenvalue weighted by Crippen LogP contribution is 2.54. The van der Waals surface area contributed by atoms with Crippen molar-refractivity contribution in [3.8, 4) is 0 Å². The molecule has 430 valence electrons. The van der Waals surface area contributed by atoms with Gasteiger partial charge in [-0.3, -0.25) is 0 Å². The molecule has 4 aliphatic rings. The number of benzene rings is 13. The highest BCUT2D eigenvalue weighted by atomic mass is 32.1. The summed E-state index contributed by atoms with van der Waals surface area (Å²) in [6.45, 7) is -0.341. The molecule has 15 aromatic rings. The zero-order chi connectivity index (χ0) is 60.4. The lowest BCUT2D eigenvalue weighted by molar-refractivity contribution is 1.22. The molecule has 13 aromatic carbocycles. The Morgan fingerprint density at radius 3 is 0.815 bits per heavy atom. The number of hydrogen-bond acceptors (Lipinski definition) is 8. The van der Waals surface area contributed by atoms with E-state index in [4.69, 9.17) is 0 Å². The molecule has 0 fully saturated rings. The Morgan fingerprint density at radius 1 is 0.239 bits per heavy atom. The maximum absolute atomic E-state index is 2.63. The standard InChI is InChI=1S/C82H54B2N6S2/c1-9-29-55(30-10-1)85(56-31-11-2-12-32-56)63-49-71-77-73(51-63)89(61-41-21-7-22-42-61)79-65-45-25-27-47-75(65)91-81(79)83(77)67-54-70-68(53-69(67)87(71)59-37-17-5-18-38-59)84-78-72(88(70)60-39-19-6-20-40-60)50-64(86(57-33-13-3-14-34-57)58-35-15-4-16-36-58)52-74(78)90(62-43-23-8-24-44-62)80-66-46-26-28-48-76(66)92-82(80)84/h1-54H. The molecule has 10 heteroatoms. The van der Waals surface area contributed by atoms with Crippen molar-refractivity contribution in [2.75, 3.05) is 29.4 Å². The molecule has 0 N–H and O–H groups in total. The van der Waals surface area contributed by atoms with Gasteiger partial charge in [-0.15, -0.1) is 22.7 Å². The van der Waals surface area contributed by atoms with Crippen LogP contribution in [-0.4, -0.2) is 13.4 Å². The number of nitrogens with zero attached hydrogens (tertiary/aromatic N) is 6. The van der Waals surface area contributed by atoms with Crippen LogP contribution < -0.4 is 60.8 Å². The summed E-state index contributed by atoms with van der Waals surface area (Å²) in [5.74, 6) is 0. The minimum absolute atomic E-state index is 0.170. The lowest BCUT2D eigenvalue weighted by Crippen LogP contribution is -2.63. The molecule has 6 heterocycles. The lowest BCUT2D eigenvalue weighted by Gasteiger charge is -2.47. The molecule has 0 atom stereocenters. The topological polar surface area (TPSA) is 19.4 Å². The Hall–Kier alpha value is -11.3. The number of anilines is 18. The van der Waals surface area contributed by atoms with Crippen molar-refractivity contribution in [2.45, 2.75) is 0 Å². The first kappa shape index (κ1) is 52.6. The van der Waals surface area contributed by atoms with E-state index in [1.165, 1.54) is 74.3 Å². The lowest BCUT2D eigenvalue weighted by atomic mass is 9.33. The quantitative estimate of drug-likeness (QED) is 0.126. The van der Waals surface area contributed by atoms with Gasteiger partial charge >= 0.3 is 0 Å². The zero-order valence-corrected chi connectivity index (χ0v) is 51.5. The Kier molecular flexibility index (Phi) is 12.1. The van der Waals surface area contributed by atoms with Gasteiger partial charge in [0.1, 0.15) is 0 Å². The Balaban J connectivity index is 0.960. The van der Waals surface area contributed by atoms with Crippen LogP contribution in [0.2, 0.25) is 0 Å². The molecular formula is C82H54B2N6S2. The molecule has 0 bridgehead atoms. The van der Waals surface area contributed by atoms with E-state index in [1.54, 1.807) is 0 Å². The molecule has 19 rings (SSSR count). The van der Waals surface area contributed by atoms with Crippen molar-refractivity contribution in [1.29, 1.82) is 0 Å². The average molecular weight is 1210 g/mol. The van der Waals surface area contributed by atoms with Crippen LogP contribution in [0.3, 0.4) is 0 Å². The summed E-state index contributed by atoms with van der Waals surface area (Å²) >= 11 is 3.88. The van der Waals surface area contributed by atoms with E-state index in [2.05, 4.69) is 357 Å². The van der Waals surface area contributed by atoms with Crippen LogP contribution in [0.25, 0.3) is 20.2 Å². The number of rotatable bonds is 10. The Morgan fingerprint density at radius 2 is 0.500 bits per heavy atom. The number of hydrogen-bond donors (Lipinski definition) is 0. The summed E-state index contributed by atoms with van der Waals surface area (Å²) < 4.78 is 5.17. The van der Waals surface area contributed by atoms with E-state index in [9.17, 15) is 0 Å². The van der Waals surface area contributed by atoms with E-state index in [0.717, 1.165) is 79.6 Å². The molecule has 92 heavy (non-hydrogen) atoms. The SMILES string of the molecule is c1ccc(N(c2ccccc2)c2cc3c4c(c2)N(c2ccccc2)c2c(sc5ccccc25)B4c2cc4c(cc2N3c2ccccc2)B2c3sc5ccccc5c3N(c3ccccc3)c3cc(N(c5ccccc5)c5ccccc5)cc(c32)N4c2ccccc2)cc1. The molecule has 0 saturated carbocycles. The maximum Gasteiger partial charge on any atom is 0.264 e. The molecule has 0 spiro atoms. The van der Waals surface area contributed by atoms with Crippen molar-refractivity contribution in [2.24, 2.45) is 0 Å². The summed E-state index contributed by atoms with van der Waals surface area (Å²) in [6.07, 6.45) is 0. The fourth-order valence-electron chi connectivity index (χ4n) is 15.2. The first-order valence-corrected chi connectivity index (χ1v) is 33.1. The van der Waals surface area contributed by atoms with Gasteiger partial charge in [0.25, 0.3) is 13.4 Å². The van der Waals surface area contributed by atoms with Crippen molar-refractivity contribution in [3.63, 3.8) is 0 Å². The number of thiophene rings is 2. The van der Waals surface area contributed by atoms with E-state index < -0.39 is 0 Å². The molecule has 0 amide bonds. The van der Waals surface area contributed by atoms with Gasteiger partial charge in [-0.25, -0.2) is 0 Å². The van der Waals surface area contributed by atoms with Crippen LogP contribution in [0.4, 0.5) is 102 Å². The van der Waals surface area contributed by atoms with Crippen molar-refractivity contribution < 1.29 is 0 Å². The van der Waals surface area contributed by atoms with Crippen LogP contribution in [0.5, 0.6) is 0 Å². The second kappa shape index (κ2) is 21.2. The minimum Gasteiger partial charge on any atom is -0.311 e. The highest BCUT2D eigenvalue weighted by molar-refractivity contribution is 7.34. The predicted octanol–water partition coefficient (Wildman–Crippen LogP) is 19.2. The third kappa shape index (κ3) is 8.07. The van der Waals surface area contributed by atoms with Crippen molar-refractivity contribution in [1.82, 2.24) is 0 Å². The van der Waals surface area contributed by atoms with Crippen LogP contribution in [0.15, 0.2) is 328 Å². The van der Waals surface area contributed by atoms with Gasteiger partial charge < -0.3 is 29.4 Å².